The van der Waals surface area contributed by atoms with Crippen LogP contribution in [0.2, 0.25) is 0 Å². The smallest absolute Gasteiger partial charge is 0.257 e. The molecule has 0 spiro atoms. The molecule has 100 valence electrons. The summed E-state index contributed by atoms with van der Waals surface area (Å²) in [5, 5.41) is 16.1. The summed E-state index contributed by atoms with van der Waals surface area (Å²) in [6, 6.07) is 7.04. The Balaban J connectivity index is 1.83. The van der Waals surface area contributed by atoms with Crippen LogP contribution in [-0.4, -0.2) is 31.1 Å². The Hall–Kier alpha value is -2.61. The summed E-state index contributed by atoms with van der Waals surface area (Å²) in [7, 11) is 0. The van der Waals surface area contributed by atoms with Gasteiger partial charge in [-0.05, 0) is 35.5 Å². The lowest BCUT2D eigenvalue weighted by molar-refractivity contribution is 0.102. The molecule has 3 aromatic rings. The van der Waals surface area contributed by atoms with Crippen molar-refractivity contribution in [1.29, 1.82) is 0 Å². The first-order valence-corrected chi connectivity index (χ1v) is 6.67. The van der Waals surface area contributed by atoms with Gasteiger partial charge in [-0.15, -0.1) is 16.4 Å². The summed E-state index contributed by atoms with van der Waals surface area (Å²) < 4.78 is 1.49. The van der Waals surface area contributed by atoms with E-state index in [9.17, 15) is 4.79 Å². The number of aromatic nitrogens is 5. The number of benzene rings is 1. The van der Waals surface area contributed by atoms with E-state index < -0.39 is 0 Å². The number of nitrogens with zero attached hydrogens (tertiary/aromatic N) is 5. The average molecular weight is 286 g/mol. The van der Waals surface area contributed by atoms with Crippen molar-refractivity contribution in [3.8, 4) is 5.69 Å². The Morgan fingerprint density at radius 2 is 2.30 bits per heavy atom. The fourth-order valence-corrected chi connectivity index (χ4v) is 2.33. The van der Waals surface area contributed by atoms with Gasteiger partial charge in [-0.2, -0.15) is 0 Å². The zero-order chi connectivity index (χ0) is 13.9. The largest absolute Gasteiger partial charge is 0.298 e. The summed E-state index contributed by atoms with van der Waals surface area (Å²) >= 11 is 1.39. The van der Waals surface area contributed by atoms with Crippen molar-refractivity contribution in [2.45, 2.75) is 6.92 Å². The molecule has 8 heteroatoms. The molecule has 2 aromatic heterocycles. The number of nitrogens with one attached hydrogen (secondary N) is 1. The van der Waals surface area contributed by atoms with Crippen molar-refractivity contribution in [3.63, 3.8) is 0 Å². The molecule has 0 aliphatic heterocycles. The maximum absolute atomic E-state index is 12.1. The van der Waals surface area contributed by atoms with Crippen LogP contribution in [0.5, 0.6) is 0 Å². The van der Waals surface area contributed by atoms with E-state index in [0.717, 1.165) is 11.4 Å². The number of carbonyl (C=O) groups is 1. The van der Waals surface area contributed by atoms with Gasteiger partial charge in [0, 0.05) is 10.9 Å². The molecule has 1 N–H and O–H groups in total. The monoisotopic (exact) mass is 286 g/mol. The van der Waals surface area contributed by atoms with Crippen molar-refractivity contribution < 1.29 is 4.79 Å². The highest BCUT2D eigenvalue weighted by Crippen LogP contribution is 2.16. The summed E-state index contributed by atoms with van der Waals surface area (Å²) in [5.41, 5.74) is 2.12. The second-order valence-corrected chi connectivity index (χ2v) is 4.91. The number of rotatable bonds is 3. The number of carbonyl (C=O) groups excluding carboxylic acids is 1. The van der Waals surface area contributed by atoms with E-state index in [1.807, 2.05) is 18.4 Å². The van der Waals surface area contributed by atoms with Crippen molar-refractivity contribution in [2.24, 2.45) is 0 Å². The molecule has 1 aromatic carbocycles. The Morgan fingerprint density at radius 1 is 1.40 bits per heavy atom. The third-order valence-electron chi connectivity index (χ3n) is 2.56. The number of aryl methyl sites for hydroxylation is 1. The third-order valence-corrected chi connectivity index (χ3v) is 3.44. The Morgan fingerprint density at radius 3 is 3.00 bits per heavy atom. The van der Waals surface area contributed by atoms with Gasteiger partial charge in [0.15, 0.2) is 5.13 Å². The number of tetrazole rings is 1. The highest BCUT2D eigenvalue weighted by Gasteiger charge is 2.09. The van der Waals surface area contributed by atoms with Crippen LogP contribution < -0.4 is 5.32 Å². The second kappa shape index (κ2) is 5.17. The molecule has 0 aliphatic carbocycles. The average Bonchev–Trinajstić information content (AvgIpc) is 3.11. The lowest BCUT2D eigenvalue weighted by atomic mass is 10.2. The Labute approximate surface area is 118 Å². The molecule has 0 aliphatic rings. The van der Waals surface area contributed by atoms with Gasteiger partial charge < -0.3 is 0 Å². The van der Waals surface area contributed by atoms with Crippen LogP contribution in [0.15, 0.2) is 36.0 Å². The van der Waals surface area contributed by atoms with Crippen LogP contribution in [-0.2, 0) is 0 Å². The number of amides is 1. The molecule has 1 amide bonds. The lowest BCUT2D eigenvalue weighted by Gasteiger charge is -2.04. The van der Waals surface area contributed by atoms with Gasteiger partial charge in [0.1, 0.15) is 6.33 Å². The van der Waals surface area contributed by atoms with Crippen LogP contribution in [0.1, 0.15) is 16.1 Å². The van der Waals surface area contributed by atoms with Gasteiger partial charge in [0.2, 0.25) is 0 Å². The predicted octanol–water partition coefficient (Wildman–Crippen LogP) is 1.68. The highest BCUT2D eigenvalue weighted by atomic mass is 32.1. The van der Waals surface area contributed by atoms with E-state index >= 15 is 0 Å². The Kier molecular flexibility index (Phi) is 3.21. The zero-order valence-electron chi connectivity index (χ0n) is 10.5. The van der Waals surface area contributed by atoms with Gasteiger partial charge >= 0.3 is 0 Å². The van der Waals surface area contributed by atoms with Crippen LogP contribution in [0, 0.1) is 6.92 Å². The minimum Gasteiger partial charge on any atom is -0.298 e. The summed E-state index contributed by atoms with van der Waals surface area (Å²) in [6.45, 7) is 1.88. The quantitative estimate of drug-likeness (QED) is 0.791. The van der Waals surface area contributed by atoms with Crippen molar-refractivity contribution in [3.05, 3.63) is 47.2 Å². The predicted molar refractivity (Wildman–Crippen MR) is 74.0 cm³/mol. The second-order valence-electron chi connectivity index (χ2n) is 4.05. The first-order valence-electron chi connectivity index (χ1n) is 5.79. The van der Waals surface area contributed by atoms with Crippen molar-refractivity contribution in [2.75, 3.05) is 5.32 Å². The molecule has 0 unspecified atom stereocenters. The molecular formula is C12H10N6OS. The molecule has 0 saturated carbocycles. The van der Waals surface area contributed by atoms with E-state index in [-0.39, 0.29) is 5.91 Å². The van der Waals surface area contributed by atoms with Gasteiger partial charge in [-0.25, -0.2) is 9.67 Å². The normalized spacial score (nSPS) is 10.4. The van der Waals surface area contributed by atoms with E-state index in [2.05, 4.69) is 25.8 Å². The summed E-state index contributed by atoms with van der Waals surface area (Å²) in [6.07, 6.45) is 1.47. The molecule has 3 rings (SSSR count). The van der Waals surface area contributed by atoms with E-state index in [1.54, 1.807) is 18.2 Å². The number of thiazole rings is 1. The van der Waals surface area contributed by atoms with Gasteiger partial charge in [0.05, 0.1) is 11.4 Å². The molecule has 2 heterocycles. The number of hydrogen-bond donors (Lipinski definition) is 1. The Bertz CT molecular complexity index is 736. The zero-order valence-corrected chi connectivity index (χ0v) is 11.3. The van der Waals surface area contributed by atoms with Crippen LogP contribution in [0.4, 0.5) is 5.13 Å². The van der Waals surface area contributed by atoms with Crippen molar-refractivity contribution >= 4 is 22.4 Å². The molecule has 20 heavy (non-hydrogen) atoms. The third kappa shape index (κ3) is 2.54. The van der Waals surface area contributed by atoms with E-state index in [0.29, 0.717) is 10.7 Å². The first kappa shape index (κ1) is 12.4. The molecule has 0 saturated heterocycles. The number of anilines is 1. The van der Waals surface area contributed by atoms with Crippen molar-refractivity contribution in [1.82, 2.24) is 25.2 Å². The van der Waals surface area contributed by atoms with Crippen LogP contribution in [0.25, 0.3) is 5.69 Å². The molecule has 0 bridgehead atoms. The SMILES string of the molecule is Cc1csc(NC(=O)c2cccc(-n3cnnn3)c2)n1. The van der Waals surface area contributed by atoms with Gasteiger partial charge in [-0.1, -0.05) is 6.07 Å². The molecule has 0 radical (unpaired) electrons. The summed E-state index contributed by atoms with van der Waals surface area (Å²) in [5.74, 6) is -0.214. The first-order chi connectivity index (χ1) is 9.72. The molecular weight excluding hydrogens is 276 g/mol. The van der Waals surface area contributed by atoms with E-state index in [1.165, 1.54) is 22.3 Å². The standard InChI is InChI=1S/C12H10N6OS/c1-8-6-20-12(14-8)15-11(19)9-3-2-4-10(5-9)18-7-13-16-17-18/h2-7H,1H3,(H,14,15,19). The highest BCUT2D eigenvalue weighted by molar-refractivity contribution is 7.13. The van der Waals surface area contributed by atoms with Gasteiger partial charge in [0.25, 0.3) is 5.91 Å². The molecule has 0 fully saturated rings. The van der Waals surface area contributed by atoms with Crippen LogP contribution >= 0.6 is 11.3 Å². The minimum atomic E-state index is -0.214. The maximum Gasteiger partial charge on any atom is 0.257 e. The minimum absolute atomic E-state index is 0.214. The molecule has 7 nitrogen and oxygen atoms in total. The lowest BCUT2D eigenvalue weighted by Crippen LogP contribution is -2.12. The maximum atomic E-state index is 12.1. The fourth-order valence-electron chi connectivity index (χ4n) is 1.65. The number of hydrogen-bond acceptors (Lipinski definition) is 6. The topological polar surface area (TPSA) is 85.6 Å². The fraction of sp³-hybridized carbons (Fsp3) is 0.0833. The van der Waals surface area contributed by atoms with Gasteiger partial charge in [-0.3, -0.25) is 10.1 Å². The summed E-state index contributed by atoms with van der Waals surface area (Å²) in [4.78, 5) is 16.3. The molecule has 0 atom stereocenters. The van der Waals surface area contributed by atoms with Crippen LogP contribution in [0.3, 0.4) is 0 Å². The van der Waals surface area contributed by atoms with E-state index in [4.69, 9.17) is 0 Å².